The normalized spacial score (nSPS) is 20.2. The molecule has 1 aromatic carbocycles. The zero-order valence-corrected chi connectivity index (χ0v) is 12.8. The van der Waals surface area contributed by atoms with Crippen LogP contribution in [0.25, 0.3) is 0 Å². The van der Waals surface area contributed by atoms with Crippen LogP contribution in [0.4, 0.5) is 0 Å². The van der Waals surface area contributed by atoms with Crippen LogP contribution in [-0.2, 0) is 0 Å². The van der Waals surface area contributed by atoms with E-state index in [1.807, 2.05) is 0 Å². The van der Waals surface area contributed by atoms with Crippen molar-refractivity contribution in [3.8, 4) is 0 Å². The van der Waals surface area contributed by atoms with Crippen LogP contribution in [0.2, 0.25) is 0 Å². The Bertz CT molecular complexity index is 400. The molecule has 1 aliphatic rings. The van der Waals surface area contributed by atoms with Crippen LogP contribution in [0.3, 0.4) is 0 Å². The van der Waals surface area contributed by atoms with Crippen molar-refractivity contribution >= 4 is 0 Å². The molecule has 2 heteroatoms. The molecule has 1 unspecified atom stereocenters. The molecule has 1 aliphatic carbocycles. The molecule has 0 amide bonds. The first-order valence-corrected chi connectivity index (χ1v) is 7.50. The molecule has 0 spiro atoms. The number of likely N-dealkylation sites (N-methyl/N-ethyl adjacent to an activating group) is 1. The van der Waals surface area contributed by atoms with Crippen LogP contribution >= 0.6 is 0 Å². The highest BCUT2D eigenvalue weighted by atomic mass is 15.2. The van der Waals surface area contributed by atoms with Crippen molar-refractivity contribution < 1.29 is 0 Å². The monoisotopic (exact) mass is 260 g/mol. The molecular formula is C17H28N2. The van der Waals surface area contributed by atoms with Crippen molar-refractivity contribution in [1.82, 2.24) is 4.90 Å². The van der Waals surface area contributed by atoms with Gasteiger partial charge in [0.15, 0.2) is 0 Å². The standard InChI is InChI=1S/C17H28N2/c1-13(2)14-7-9-15(10-8-14)16(18)17(19(3)4)11-5-6-12-17/h7-10,13,16H,5-6,11-12,18H2,1-4H3. The van der Waals surface area contributed by atoms with Crippen LogP contribution < -0.4 is 5.73 Å². The Morgan fingerprint density at radius 2 is 1.47 bits per heavy atom. The fraction of sp³-hybridized carbons (Fsp3) is 0.647. The highest BCUT2D eigenvalue weighted by Gasteiger charge is 2.41. The first-order chi connectivity index (χ1) is 8.97. The second-order valence-electron chi connectivity index (χ2n) is 6.50. The van der Waals surface area contributed by atoms with E-state index in [4.69, 9.17) is 5.73 Å². The van der Waals surface area contributed by atoms with Gasteiger partial charge in [0.25, 0.3) is 0 Å². The zero-order valence-electron chi connectivity index (χ0n) is 12.8. The minimum atomic E-state index is 0.117. The predicted molar refractivity (Wildman–Crippen MR) is 82.3 cm³/mol. The maximum absolute atomic E-state index is 6.62. The summed E-state index contributed by atoms with van der Waals surface area (Å²) in [5.41, 5.74) is 9.44. The molecule has 2 nitrogen and oxygen atoms in total. The largest absolute Gasteiger partial charge is 0.322 e. The summed E-state index contributed by atoms with van der Waals surface area (Å²) in [7, 11) is 4.35. The average molecular weight is 260 g/mol. The third kappa shape index (κ3) is 2.70. The van der Waals surface area contributed by atoms with E-state index in [9.17, 15) is 0 Å². The molecule has 0 heterocycles. The number of hydrogen-bond donors (Lipinski definition) is 1. The van der Waals surface area contributed by atoms with Crippen molar-refractivity contribution in [2.45, 2.75) is 57.0 Å². The van der Waals surface area contributed by atoms with E-state index < -0.39 is 0 Å². The van der Waals surface area contributed by atoms with Crippen LogP contribution in [0.5, 0.6) is 0 Å². The van der Waals surface area contributed by atoms with E-state index >= 15 is 0 Å². The highest BCUT2D eigenvalue weighted by molar-refractivity contribution is 5.29. The fourth-order valence-corrected chi connectivity index (χ4v) is 3.42. The Morgan fingerprint density at radius 3 is 1.89 bits per heavy atom. The van der Waals surface area contributed by atoms with E-state index in [0.717, 1.165) is 0 Å². The number of nitrogens with two attached hydrogens (primary N) is 1. The van der Waals surface area contributed by atoms with Crippen molar-refractivity contribution in [2.75, 3.05) is 14.1 Å². The van der Waals surface area contributed by atoms with Gasteiger partial charge in [-0.3, -0.25) is 0 Å². The fourth-order valence-electron chi connectivity index (χ4n) is 3.42. The quantitative estimate of drug-likeness (QED) is 0.894. The van der Waals surface area contributed by atoms with Gasteiger partial charge in [-0.05, 0) is 44.0 Å². The second kappa shape index (κ2) is 5.64. The summed E-state index contributed by atoms with van der Waals surface area (Å²) in [5, 5.41) is 0. The number of nitrogens with zero attached hydrogens (tertiary/aromatic N) is 1. The van der Waals surface area contributed by atoms with Gasteiger partial charge < -0.3 is 10.6 Å². The lowest BCUT2D eigenvalue weighted by atomic mass is 9.82. The van der Waals surface area contributed by atoms with Gasteiger partial charge in [0, 0.05) is 11.6 Å². The Kier molecular flexibility index (Phi) is 4.32. The molecule has 1 saturated carbocycles. The van der Waals surface area contributed by atoms with Gasteiger partial charge in [0.05, 0.1) is 0 Å². The molecule has 106 valence electrons. The molecule has 19 heavy (non-hydrogen) atoms. The molecular weight excluding hydrogens is 232 g/mol. The van der Waals surface area contributed by atoms with Crippen molar-refractivity contribution in [3.63, 3.8) is 0 Å². The van der Waals surface area contributed by atoms with Gasteiger partial charge >= 0.3 is 0 Å². The van der Waals surface area contributed by atoms with Gasteiger partial charge in [0.1, 0.15) is 0 Å². The summed E-state index contributed by atoms with van der Waals surface area (Å²) >= 11 is 0. The summed E-state index contributed by atoms with van der Waals surface area (Å²) in [6, 6.07) is 9.04. The Labute approximate surface area is 118 Å². The van der Waals surface area contributed by atoms with Crippen LogP contribution in [-0.4, -0.2) is 24.5 Å². The molecule has 0 aliphatic heterocycles. The average Bonchev–Trinajstić information content (AvgIpc) is 2.88. The van der Waals surface area contributed by atoms with Gasteiger partial charge in [0.2, 0.25) is 0 Å². The molecule has 1 atom stereocenters. The molecule has 0 radical (unpaired) electrons. The van der Waals surface area contributed by atoms with E-state index in [0.29, 0.717) is 5.92 Å². The molecule has 1 aromatic rings. The summed E-state index contributed by atoms with van der Waals surface area (Å²) < 4.78 is 0. The van der Waals surface area contributed by atoms with E-state index in [1.54, 1.807) is 0 Å². The third-order valence-corrected chi connectivity index (χ3v) is 4.90. The minimum absolute atomic E-state index is 0.117. The molecule has 0 aromatic heterocycles. The summed E-state index contributed by atoms with van der Waals surface area (Å²) in [6.45, 7) is 4.46. The molecule has 2 rings (SSSR count). The van der Waals surface area contributed by atoms with Crippen molar-refractivity contribution in [2.24, 2.45) is 5.73 Å². The SMILES string of the molecule is CC(C)c1ccc(C(N)C2(N(C)C)CCCC2)cc1. The van der Waals surface area contributed by atoms with Crippen LogP contribution in [0, 0.1) is 0 Å². The Balaban J connectivity index is 2.24. The van der Waals surface area contributed by atoms with Crippen molar-refractivity contribution in [1.29, 1.82) is 0 Å². The van der Waals surface area contributed by atoms with E-state index in [2.05, 4.69) is 57.1 Å². The third-order valence-electron chi connectivity index (χ3n) is 4.90. The van der Waals surface area contributed by atoms with Gasteiger partial charge in [-0.25, -0.2) is 0 Å². The maximum Gasteiger partial charge on any atom is 0.0481 e. The number of benzene rings is 1. The second-order valence-corrected chi connectivity index (χ2v) is 6.50. The van der Waals surface area contributed by atoms with Gasteiger partial charge in [-0.2, -0.15) is 0 Å². The lowest BCUT2D eigenvalue weighted by Gasteiger charge is -2.41. The zero-order chi connectivity index (χ0) is 14.0. The summed E-state index contributed by atoms with van der Waals surface area (Å²) in [5.74, 6) is 0.583. The summed E-state index contributed by atoms with van der Waals surface area (Å²) in [6.07, 6.45) is 5.03. The Morgan fingerprint density at radius 1 is 1.00 bits per heavy atom. The van der Waals surface area contributed by atoms with Crippen LogP contribution in [0.15, 0.2) is 24.3 Å². The lowest BCUT2D eigenvalue weighted by molar-refractivity contribution is 0.123. The number of hydrogen-bond acceptors (Lipinski definition) is 2. The topological polar surface area (TPSA) is 29.3 Å². The molecule has 0 saturated heterocycles. The van der Waals surface area contributed by atoms with Gasteiger partial charge in [-0.1, -0.05) is 51.0 Å². The molecule has 2 N–H and O–H groups in total. The molecule has 0 bridgehead atoms. The van der Waals surface area contributed by atoms with Crippen molar-refractivity contribution in [3.05, 3.63) is 35.4 Å². The van der Waals surface area contributed by atoms with E-state index in [-0.39, 0.29) is 11.6 Å². The minimum Gasteiger partial charge on any atom is -0.322 e. The molecule has 1 fully saturated rings. The summed E-state index contributed by atoms with van der Waals surface area (Å²) in [4.78, 5) is 2.35. The maximum atomic E-state index is 6.62. The van der Waals surface area contributed by atoms with Gasteiger partial charge in [-0.15, -0.1) is 0 Å². The first-order valence-electron chi connectivity index (χ1n) is 7.50. The lowest BCUT2D eigenvalue weighted by Crippen LogP contribution is -2.50. The predicted octanol–water partition coefficient (Wildman–Crippen LogP) is 3.68. The first kappa shape index (κ1) is 14.5. The highest BCUT2D eigenvalue weighted by Crippen LogP contribution is 2.42. The smallest absolute Gasteiger partial charge is 0.0481 e. The van der Waals surface area contributed by atoms with E-state index in [1.165, 1.54) is 36.8 Å². The number of rotatable bonds is 4. The van der Waals surface area contributed by atoms with Crippen LogP contribution in [0.1, 0.15) is 62.6 Å². The Hall–Kier alpha value is -0.860.